The van der Waals surface area contributed by atoms with Crippen LogP contribution in [0, 0.1) is 0 Å². The van der Waals surface area contributed by atoms with Gasteiger partial charge < -0.3 is 10.0 Å². The number of nitrogens with zero attached hydrogens (tertiary/aromatic N) is 2. The molecule has 0 saturated carbocycles. The second-order valence-electron chi connectivity index (χ2n) is 9.12. The summed E-state index contributed by atoms with van der Waals surface area (Å²) < 4.78 is 0. The van der Waals surface area contributed by atoms with Gasteiger partial charge in [-0.2, -0.15) is 5.10 Å². The van der Waals surface area contributed by atoms with Crippen molar-refractivity contribution in [1.29, 1.82) is 0 Å². The Hall–Kier alpha value is -1.55. The SMILES string of the molecule is C[NH+]1CCN(/N=C/c2cc(C(C)(C)C)c(O)c(C(C)(C)C)c2)CC1. The van der Waals surface area contributed by atoms with E-state index < -0.39 is 0 Å². The van der Waals surface area contributed by atoms with E-state index in [1.54, 1.807) is 4.90 Å². The van der Waals surface area contributed by atoms with E-state index in [0.29, 0.717) is 5.75 Å². The van der Waals surface area contributed by atoms with Crippen molar-refractivity contribution < 1.29 is 10.0 Å². The van der Waals surface area contributed by atoms with E-state index in [0.717, 1.165) is 42.9 Å². The van der Waals surface area contributed by atoms with Crippen LogP contribution in [0.1, 0.15) is 58.2 Å². The fraction of sp³-hybridized carbons (Fsp3) is 0.650. The highest BCUT2D eigenvalue weighted by atomic mass is 16.3. The predicted octanol–water partition coefficient (Wildman–Crippen LogP) is 2.15. The normalized spacial score (nSPS) is 17.7. The number of rotatable bonds is 2. The maximum absolute atomic E-state index is 10.8. The van der Waals surface area contributed by atoms with Crippen molar-refractivity contribution in [2.24, 2.45) is 5.10 Å². The molecule has 1 fully saturated rings. The molecule has 1 aromatic carbocycles. The number of hydrogen-bond acceptors (Lipinski definition) is 3. The third-order valence-corrected chi connectivity index (χ3v) is 4.71. The molecule has 1 heterocycles. The van der Waals surface area contributed by atoms with Gasteiger partial charge in [-0.1, -0.05) is 41.5 Å². The van der Waals surface area contributed by atoms with Crippen LogP contribution in [0.25, 0.3) is 0 Å². The lowest BCUT2D eigenvalue weighted by Crippen LogP contribution is -3.11. The summed E-state index contributed by atoms with van der Waals surface area (Å²) in [5.41, 5.74) is 2.82. The van der Waals surface area contributed by atoms with Crippen molar-refractivity contribution in [3.05, 3.63) is 28.8 Å². The summed E-state index contributed by atoms with van der Waals surface area (Å²) in [5.74, 6) is 0.426. The molecule has 24 heavy (non-hydrogen) atoms. The van der Waals surface area contributed by atoms with E-state index in [9.17, 15) is 5.11 Å². The number of phenolic OH excluding ortho intramolecular Hbond substituents is 1. The van der Waals surface area contributed by atoms with Crippen molar-refractivity contribution in [1.82, 2.24) is 5.01 Å². The number of likely N-dealkylation sites (N-methyl/N-ethyl adjacent to an activating group) is 1. The zero-order valence-electron chi connectivity index (χ0n) is 16.4. The Morgan fingerprint density at radius 3 is 1.88 bits per heavy atom. The maximum atomic E-state index is 10.8. The third-order valence-electron chi connectivity index (χ3n) is 4.71. The highest BCUT2D eigenvalue weighted by Crippen LogP contribution is 2.39. The average Bonchev–Trinajstić information content (AvgIpc) is 2.45. The molecule has 2 rings (SSSR count). The first-order chi connectivity index (χ1) is 11.0. The van der Waals surface area contributed by atoms with E-state index >= 15 is 0 Å². The first-order valence-corrected chi connectivity index (χ1v) is 8.96. The van der Waals surface area contributed by atoms with Crippen molar-refractivity contribution in [2.45, 2.75) is 52.4 Å². The molecule has 134 valence electrons. The Morgan fingerprint density at radius 1 is 1.00 bits per heavy atom. The molecule has 0 amide bonds. The van der Waals surface area contributed by atoms with E-state index in [2.05, 4.69) is 70.8 Å². The highest BCUT2D eigenvalue weighted by Gasteiger charge is 2.26. The molecule has 0 aliphatic carbocycles. The lowest BCUT2D eigenvalue weighted by atomic mass is 9.78. The molecular formula is C20H34N3O+. The van der Waals surface area contributed by atoms with Crippen LogP contribution in [0.3, 0.4) is 0 Å². The summed E-state index contributed by atoms with van der Waals surface area (Å²) in [5, 5.41) is 17.6. The fourth-order valence-corrected chi connectivity index (χ4v) is 3.02. The topological polar surface area (TPSA) is 40.3 Å². The van der Waals surface area contributed by atoms with Gasteiger partial charge in [0, 0.05) is 11.1 Å². The first kappa shape index (κ1) is 18.8. The van der Waals surface area contributed by atoms with Gasteiger partial charge in [0.05, 0.1) is 39.4 Å². The Morgan fingerprint density at radius 2 is 1.46 bits per heavy atom. The number of quaternary nitrogens is 1. The van der Waals surface area contributed by atoms with E-state index in [4.69, 9.17) is 0 Å². The summed E-state index contributed by atoms with van der Waals surface area (Å²) in [4.78, 5) is 1.57. The lowest BCUT2D eigenvalue weighted by molar-refractivity contribution is -0.884. The Kier molecular flexibility index (Phi) is 5.28. The van der Waals surface area contributed by atoms with Crippen LogP contribution in [0.4, 0.5) is 0 Å². The summed E-state index contributed by atoms with van der Waals surface area (Å²) in [7, 11) is 2.23. The van der Waals surface area contributed by atoms with Gasteiger partial charge in [0.1, 0.15) is 5.75 Å². The van der Waals surface area contributed by atoms with Crippen LogP contribution in [-0.2, 0) is 10.8 Å². The number of phenols is 1. The largest absolute Gasteiger partial charge is 0.507 e. The van der Waals surface area contributed by atoms with Gasteiger partial charge >= 0.3 is 0 Å². The molecule has 0 bridgehead atoms. The van der Waals surface area contributed by atoms with Crippen LogP contribution in [0.5, 0.6) is 5.75 Å². The summed E-state index contributed by atoms with van der Waals surface area (Å²) >= 11 is 0. The first-order valence-electron chi connectivity index (χ1n) is 8.96. The smallest absolute Gasteiger partial charge is 0.123 e. The van der Waals surface area contributed by atoms with Crippen LogP contribution >= 0.6 is 0 Å². The maximum Gasteiger partial charge on any atom is 0.123 e. The molecule has 4 heteroatoms. The van der Waals surface area contributed by atoms with Gasteiger partial charge in [0.25, 0.3) is 0 Å². The van der Waals surface area contributed by atoms with Gasteiger partial charge in [-0.05, 0) is 28.5 Å². The second kappa shape index (κ2) is 6.75. The standard InChI is InChI=1S/C20H33N3O/c1-19(2,3)16-12-15(13-17(18(16)24)20(4,5)6)14-21-23-10-8-22(7)9-11-23/h12-14,24H,8-11H2,1-7H3/p+1/b21-14+. The Balaban J connectivity index is 2.36. The number of hydrogen-bond donors (Lipinski definition) is 2. The quantitative estimate of drug-likeness (QED) is 0.815. The fourth-order valence-electron chi connectivity index (χ4n) is 3.02. The molecule has 2 N–H and O–H groups in total. The van der Waals surface area contributed by atoms with Crippen molar-refractivity contribution in [2.75, 3.05) is 33.2 Å². The van der Waals surface area contributed by atoms with Crippen LogP contribution in [0.15, 0.2) is 17.2 Å². The molecule has 1 aliphatic rings. The average molecular weight is 333 g/mol. The van der Waals surface area contributed by atoms with Crippen LogP contribution < -0.4 is 4.90 Å². The predicted molar refractivity (Wildman–Crippen MR) is 101 cm³/mol. The molecule has 0 aromatic heterocycles. The van der Waals surface area contributed by atoms with E-state index in [1.165, 1.54) is 0 Å². The van der Waals surface area contributed by atoms with Crippen LogP contribution in [0.2, 0.25) is 0 Å². The number of hydrazone groups is 1. The van der Waals surface area contributed by atoms with E-state index in [-0.39, 0.29) is 10.8 Å². The molecule has 4 nitrogen and oxygen atoms in total. The lowest BCUT2D eigenvalue weighted by Gasteiger charge is -2.29. The minimum absolute atomic E-state index is 0.106. The summed E-state index contributed by atoms with van der Waals surface area (Å²) in [6.07, 6.45) is 1.95. The van der Waals surface area contributed by atoms with Gasteiger partial charge in [-0.3, -0.25) is 5.01 Å². The number of aromatic hydroxyl groups is 1. The zero-order valence-corrected chi connectivity index (χ0v) is 16.4. The second-order valence-corrected chi connectivity index (χ2v) is 9.12. The number of piperazine rings is 1. The van der Waals surface area contributed by atoms with Gasteiger partial charge in [0.15, 0.2) is 0 Å². The van der Waals surface area contributed by atoms with Crippen molar-refractivity contribution in [3.63, 3.8) is 0 Å². The Labute approximate surface area is 147 Å². The Bertz CT molecular complexity index is 565. The number of benzene rings is 1. The van der Waals surface area contributed by atoms with Gasteiger partial charge in [0.2, 0.25) is 0 Å². The number of nitrogens with one attached hydrogen (secondary N) is 1. The summed E-state index contributed by atoms with van der Waals surface area (Å²) in [6.45, 7) is 17.1. The van der Waals surface area contributed by atoms with Gasteiger partial charge in [-0.25, -0.2) is 0 Å². The highest BCUT2D eigenvalue weighted by molar-refractivity contribution is 5.81. The minimum Gasteiger partial charge on any atom is -0.507 e. The molecule has 0 spiro atoms. The molecule has 0 atom stereocenters. The molecular weight excluding hydrogens is 298 g/mol. The molecule has 1 saturated heterocycles. The van der Waals surface area contributed by atoms with Crippen molar-refractivity contribution >= 4 is 6.21 Å². The van der Waals surface area contributed by atoms with Crippen molar-refractivity contribution in [3.8, 4) is 5.75 Å². The zero-order chi connectivity index (χ0) is 18.1. The monoisotopic (exact) mass is 332 g/mol. The van der Waals surface area contributed by atoms with E-state index in [1.807, 2.05) is 6.21 Å². The third kappa shape index (κ3) is 4.50. The summed E-state index contributed by atoms with van der Waals surface area (Å²) in [6, 6.07) is 4.16. The molecule has 1 aliphatic heterocycles. The van der Waals surface area contributed by atoms with Crippen LogP contribution in [-0.4, -0.2) is 49.6 Å². The van der Waals surface area contributed by atoms with Gasteiger partial charge in [-0.15, -0.1) is 0 Å². The minimum atomic E-state index is -0.106. The molecule has 1 aromatic rings. The molecule has 0 unspecified atom stereocenters. The molecule has 0 radical (unpaired) electrons.